The number of nitrogen functional groups attached to an aromatic ring is 1. The number of pyridine rings is 1. The van der Waals surface area contributed by atoms with Gasteiger partial charge >= 0.3 is 0 Å². The Morgan fingerprint density at radius 3 is 3.08 bits per heavy atom. The number of anilines is 1. The van der Waals surface area contributed by atoms with Crippen LogP contribution in [-0.4, -0.2) is 10.1 Å². The van der Waals surface area contributed by atoms with Crippen molar-refractivity contribution < 1.29 is 9.67 Å². The second kappa shape index (κ2) is 2.74. The van der Waals surface area contributed by atoms with E-state index in [1.54, 1.807) is 0 Å². The van der Waals surface area contributed by atoms with Gasteiger partial charge in [0, 0.05) is 6.07 Å². The molecular formula is C9H12N3O+. The normalized spacial score (nSPS) is 10.9. The number of nitrogens with zero attached hydrogens (tertiary/aromatic N) is 1. The van der Waals surface area contributed by atoms with Gasteiger partial charge in [0.2, 0.25) is 5.52 Å². The molecule has 2 heterocycles. The van der Waals surface area contributed by atoms with E-state index in [-0.39, 0.29) is 6.61 Å². The lowest BCUT2D eigenvalue weighted by atomic mass is 10.2. The Morgan fingerprint density at radius 2 is 2.38 bits per heavy atom. The lowest BCUT2D eigenvalue weighted by Gasteiger charge is -1.92. The summed E-state index contributed by atoms with van der Waals surface area (Å²) in [4.78, 5) is 3.02. The number of nitrogens with two attached hydrogens (primary N) is 1. The second-order valence-corrected chi connectivity index (χ2v) is 3.06. The van der Waals surface area contributed by atoms with Crippen molar-refractivity contribution in [1.82, 2.24) is 4.98 Å². The summed E-state index contributed by atoms with van der Waals surface area (Å²) in [6, 6.07) is 3.87. The van der Waals surface area contributed by atoms with Crippen molar-refractivity contribution in [2.75, 3.05) is 5.73 Å². The molecule has 4 nitrogen and oxygen atoms in total. The van der Waals surface area contributed by atoms with Crippen LogP contribution in [0.3, 0.4) is 0 Å². The van der Waals surface area contributed by atoms with Gasteiger partial charge < -0.3 is 15.8 Å². The smallest absolute Gasteiger partial charge is 0.237 e. The summed E-state index contributed by atoms with van der Waals surface area (Å²) in [6.45, 7) is -0.0380. The van der Waals surface area contributed by atoms with Crippen molar-refractivity contribution in [3.8, 4) is 0 Å². The highest BCUT2D eigenvalue weighted by molar-refractivity contribution is 5.81. The van der Waals surface area contributed by atoms with Gasteiger partial charge in [-0.25, -0.2) is 0 Å². The van der Waals surface area contributed by atoms with Gasteiger partial charge in [0.05, 0.1) is 12.2 Å². The molecule has 0 aliphatic heterocycles. The number of H-pyrrole nitrogens is 1. The summed E-state index contributed by atoms with van der Waals surface area (Å²) >= 11 is 0. The van der Waals surface area contributed by atoms with Gasteiger partial charge in [-0.15, -0.1) is 0 Å². The molecule has 0 amide bonds. The zero-order valence-corrected chi connectivity index (χ0v) is 7.41. The Bertz CT molecular complexity index is 447. The van der Waals surface area contributed by atoms with Crippen LogP contribution in [0.4, 0.5) is 5.82 Å². The van der Waals surface area contributed by atoms with Crippen LogP contribution in [0.2, 0.25) is 0 Å². The molecule has 0 atom stereocenters. The highest BCUT2D eigenvalue weighted by Crippen LogP contribution is 2.20. The molecule has 2 aromatic heterocycles. The number of fused-ring (bicyclic) bond motifs is 1. The van der Waals surface area contributed by atoms with Gasteiger partial charge in [-0.05, 0) is 6.07 Å². The van der Waals surface area contributed by atoms with Gasteiger partial charge in [-0.1, -0.05) is 0 Å². The maximum absolute atomic E-state index is 9.12. The molecule has 0 aliphatic carbocycles. The fraction of sp³-hybridized carbons (Fsp3) is 0.222. The molecule has 0 saturated carbocycles. The number of aliphatic hydroxyl groups excluding tert-OH is 1. The van der Waals surface area contributed by atoms with Crippen molar-refractivity contribution in [2.45, 2.75) is 6.61 Å². The molecule has 2 rings (SSSR count). The molecule has 13 heavy (non-hydrogen) atoms. The van der Waals surface area contributed by atoms with E-state index in [0.29, 0.717) is 5.82 Å². The summed E-state index contributed by atoms with van der Waals surface area (Å²) in [5, 5.41) is 9.12. The van der Waals surface area contributed by atoms with E-state index in [1.807, 2.05) is 29.9 Å². The monoisotopic (exact) mass is 178 g/mol. The van der Waals surface area contributed by atoms with Gasteiger partial charge in [0.1, 0.15) is 18.4 Å². The molecular weight excluding hydrogens is 166 g/mol. The number of aryl methyl sites for hydroxylation is 1. The zero-order chi connectivity index (χ0) is 9.42. The molecule has 4 heteroatoms. The van der Waals surface area contributed by atoms with Crippen molar-refractivity contribution >= 4 is 16.9 Å². The van der Waals surface area contributed by atoms with Crippen molar-refractivity contribution in [1.29, 1.82) is 0 Å². The third kappa shape index (κ3) is 1.07. The molecule has 0 aromatic carbocycles. The first kappa shape index (κ1) is 8.07. The maximum Gasteiger partial charge on any atom is 0.237 e. The van der Waals surface area contributed by atoms with E-state index >= 15 is 0 Å². The largest absolute Gasteiger partial charge is 0.391 e. The third-order valence-corrected chi connectivity index (χ3v) is 2.22. The number of nitrogens with one attached hydrogen (secondary N) is 1. The van der Waals surface area contributed by atoms with Crippen molar-refractivity contribution in [3.05, 3.63) is 23.9 Å². The minimum Gasteiger partial charge on any atom is -0.391 e. The lowest BCUT2D eigenvalue weighted by molar-refractivity contribution is -0.645. The molecule has 0 bridgehead atoms. The summed E-state index contributed by atoms with van der Waals surface area (Å²) in [5.41, 5.74) is 8.38. The highest BCUT2D eigenvalue weighted by atomic mass is 16.3. The first-order chi connectivity index (χ1) is 6.24. The molecule has 0 saturated heterocycles. The summed E-state index contributed by atoms with van der Waals surface area (Å²) in [6.07, 6.45) is 1.93. The average molecular weight is 178 g/mol. The van der Waals surface area contributed by atoms with Crippen molar-refractivity contribution in [3.63, 3.8) is 0 Å². The lowest BCUT2D eigenvalue weighted by Crippen LogP contribution is -2.28. The predicted molar refractivity (Wildman–Crippen MR) is 49.8 cm³/mol. The van der Waals surface area contributed by atoms with Crippen molar-refractivity contribution in [2.24, 2.45) is 7.05 Å². The number of hydrogen-bond donors (Lipinski definition) is 3. The molecule has 0 aliphatic rings. The van der Waals surface area contributed by atoms with E-state index in [2.05, 4.69) is 4.98 Å². The zero-order valence-electron chi connectivity index (χ0n) is 7.41. The number of aromatic amines is 1. The minimum absolute atomic E-state index is 0.0380. The van der Waals surface area contributed by atoms with Crippen LogP contribution in [0.15, 0.2) is 18.3 Å². The quantitative estimate of drug-likeness (QED) is 0.541. The molecule has 4 N–H and O–H groups in total. The van der Waals surface area contributed by atoms with Crippen LogP contribution < -0.4 is 10.3 Å². The van der Waals surface area contributed by atoms with Gasteiger partial charge in [-0.2, -0.15) is 4.57 Å². The number of rotatable bonds is 1. The Morgan fingerprint density at radius 1 is 1.62 bits per heavy atom. The topological polar surface area (TPSA) is 65.9 Å². The predicted octanol–water partition coefficient (Wildman–Crippen LogP) is 0.0669. The molecule has 0 radical (unpaired) electrons. The number of aromatic nitrogens is 2. The summed E-state index contributed by atoms with van der Waals surface area (Å²) in [7, 11) is 1.93. The Labute approximate surface area is 75.6 Å². The first-order valence-corrected chi connectivity index (χ1v) is 4.09. The maximum atomic E-state index is 9.12. The van der Waals surface area contributed by atoms with Crippen LogP contribution >= 0.6 is 0 Å². The fourth-order valence-corrected chi connectivity index (χ4v) is 1.60. The van der Waals surface area contributed by atoms with E-state index < -0.39 is 0 Å². The summed E-state index contributed by atoms with van der Waals surface area (Å²) < 4.78 is 1.94. The molecule has 0 fully saturated rings. The Balaban J connectivity index is 2.88. The number of hydrogen-bond acceptors (Lipinski definition) is 2. The number of aliphatic hydroxyl groups is 1. The molecule has 2 aromatic rings. The second-order valence-electron chi connectivity index (χ2n) is 3.06. The third-order valence-electron chi connectivity index (χ3n) is 2.22. The highest BCUT2D eigenvalue weighted by Gasteiger charge is 2.15. The summed E-state index contributed by atoms with van der Waals surface area (Å²) in [5.74, 6) is 0.541. The van der Waals surface area contributed by atoms with Crippen LogP contribution in [-0.2, 0) is 13.7 Å². The SMILES string of the molecule is C[n+]1cccc2[nH]c(N)c(CO)c21. The Hall–Kier alpha value is -1.55. The molecule has 68 valence electrons. The van der Waals surface area contributed by atoms with Gasteiger partial charge in [-0.3, -0.25) is 0 Å². The standard InChI is InChI=1S/C9H11N3O/c1-12-4-2-3-7-8(12)6(5-13)9(10)11-7/h2-4,13H,5H2,1H3,(H2,10,11)/p+1. The van der Waals surface area contributed by atoms with E-state index in [0.717, 1.165) is 16.6 Å². The van der Waals surface area contributed by atoms with Crippen LogP contribution in [0, 0.1) is 0 Å². The first-order valence-electron chi connectivity index (χ1n) is 4.09. The average Bonchev–Trinajstić information content (AvgIpc) is 2.42. The van der Waals surface area contributed by atoms with Crippen LogP contribution in [0.1, 0.15) is 5.56 Å². The Kier molecular flexibility index (Phi) is 1.70. The van der Waals surface area contributed by atoms with Crippen LogP contribution in [0.5, 0.6) is 0 Å². The van der Waals surface area contributed by atoms with Crippen LogP contribution in [0.25, 0.3) is 11.0 Å². The van der Waals surface area contributed by atoms with E-state index in [4.69, 9.17) is 10.8 Å². The molecule has 0 spiro atoms. The molecule has 0 unspecified atom stereocenters. The fourth-order valence-electron chi connectivity index (χ4n) is 1.60. The van der Waals surface area contributed by atoms with E-state index in [9.17, 15) is 0 Å². The minimum atomic E-state index is -0.0380. The van der Waals surface area contributed by atoms with Gasteiger partial charge in [0.25, 0.3) is 0 Å². The van der Waals surface area contributed by atoms with E-state index in [1.165, 1.54) is 0 Å². The van der Waals surface area contributed by atoms with Gasteiger partial charge in [0.15, 0.2) is 6.20 Å².